The molecule has 2 aromatic rings. The van der Waals surface area contributed by atoms with Crippen molar-refractivity contribution in [3.63, 3.8) is 0 Å². The van der Waals surface area contributed by atoms with Crippen LogP contribution in [0.25, 0.3) is 10.9 Å². The molecule has 1 aromatic carbocycles. The van der Waals surface area contributed by atoms with Crippen LogP contribution in [0.1, 0.15) is 44.1 Å². The number of fused-ring (bicyclic) bond motifs is 1. The first-order valence-corrected chi connectivity index (χ1v) is 7.99. The number of para-hydroxylation sites is 1. The summed E-state index contributed by atoms with van der Waals surface area (Å²) >= 11 is 0. The van der Waals surface area contributed by atoms with Gasteiger partial charge in [-0.15, -0.1) is 0 Å². The molecule has 1 aliphatic heterocycles. The van der Waals surface area contributed by atoms with Crippen LogP contribution < -0.4 is 5.32 Å². The maximum absolute atomic E-state index is 4.70. The summed E-state index contributed by atoms with van der Waals surface area (Å²) in [5.74, 6) is 0.823. The molecule has 4 rings (SSSR count). The number of hydrogen-bond donors (Lipinski definition) is 1. The number of nitrogens with one attached hydrogen (secondary N) is 1. The number of hydrogen-bond acceptors (Lipinski definition) is 2. The van der Waals surface area contributed by atoms with E-state index in [1.807, 2.05) is 0 Å². The second-order valence-electron chi connectivity index (χ2n) is 6.40. The summed E-state index contributed by atoms with van der Waals surface area (Å²) < 4.78 is 0. The monoisotopic (exact) mass is 266 g/mol. The molecule has 20 heavy (non-hydrogen) atoms. The number of benzene rings is 1. The minimum absolute atomic E-state index is 0.202. The Hall–Kier alpha value is -1.41. The van der Waals surface area contributed by atoms with Crippen LogP contribution in [0.15, 0.2) is 36.5 Å². The average molecular weight is 266 g/mol. The van der Waals surface area contributed by atoms with Crippen LogP contribution in [0, 0.1) is 5.92 Å². The van der Waals surface area contributed by atoms with E-state index in [0.717, 1.165) is 18.0 Å². The van der Waals surface area contributed by atoms with Gasteiger partial charge in [0, 0.05) is 17.1 Å². The molecule has 2 heterocycles. The van der Waals surface area contributed by atoms with Crippen LogP contribution in [0.3, 0.4) is 0 Å². The molecule has 2 aliphatic rings. The molecule has 0 bridgehead atoms. The van der Waals surface area contributed by atoms with Crippen molar-refractivity contribution in [3.05, 3.63) is 42.1 Å². The lowest BCUT2D eigenvalue weighted by Crippen LogP contribution is -2.44. The molecule has 1 saturated carbocycles. The smallest absolute Gasteiger partial charge is 0.0702 e. The fraction of sp³-hybridized carbons (Fsp3) is 0.500. The average Bonchev–Trinajstić information content (AvgIpc) is 3.33. The molecule has 1 saturated heterocycles. The topological polar surface area (TPSA) is 24.9 Å². The van der Waals surface area contributed by atoms with Gasteiger partial charge < -0.3 is 5.32 Å². The zero-order valence-electron chi connectivity index (χ0n) is 11.9. The second-order valence-corrected chi connectivity index (χ2v) is 6.40. The van der Waals surface area contributed by atoms with Crippen LogP contribution in [0.5, 0.6) is 0 Å². The Morgan fingerprint density at radius 3 is 2.90 bits per heavy atom. The highest BCUT2D eigenvalue weighted by Crippen LogP contribution is 2.49. The molecule has 2 fully saturated rings. The molecule has 1 N–H and O–H groups in total. The zero-order chi connectivity index (χ0) is 13.4. The molecule has 0 spiro atoms. The minimum atomic E-state index is 0.202. The molecule has 2 heteroatoms. The first-order chi connectivity index (χ1) is 9.88. The van der Waals surface area contributed by atoms with E-state index in [9.17, 15) is 0 Å². The Morgan fingerprint density at radius 2 is 2.00 bits per heavy atom. The van der Waals surface area contributed by atoms with Crippen molar-refractivity contribution in [1.82, 2.24) is 10.3 Å². The van der Waals surface area contributed by atoms with Gasteiger partial charge in [-0.05, 0) is 55.8 Å². The van der Waals surface area contributed by atoms with Gasteiger partial charge in [-0.2, -0.15) is 0 Å². The van der Waals surface area contributed by atoms with Crippen molar-refractivity contribution in [1.29, 1.82) is 0 Å². The summed E-state index contributed by atoms with van der Waals surface area (Å²) in [4.78, 5) is 4.70. The van der Waals surface area contributed by atoms with Crippen LogP contribution in [0.4, 0.5) is 0 Å². The van der Waals surface area contributed by atoms with E-state index in [-0.39, 0.29) is 5.54 Å². The lowest BCUT2D eigenvalue weighted by molar-refractivity contribution is 0.278. The fourth-order valence-corrected chi connectivity index (χ4v) is 3.83. The van der Waals surface area contributed by atoms with E-state index in [2.05, 4.69) is 41.8 Å². The Kier molecular flexibility index (Phi) is 2.99. The molecular formula is C18H22N2. The van der Waals surface area contributed by atoms with Gasteiger partial charge in [0.1, 0.15) is 0 Å². The fourth-order valence-electron chi connectivity index (χ4n) is 3.83. The zero-order valence-corrected chi connectivity index (χ0v) is 11.9. The third kappa shape index (κ3) is 2.03. The molecule has 0 radical (unpaired) electrons. The number of aromatic nitrogens is 1. The molecular weight excluding hydrogens is 244 g/mol. The van der Waals surface area contributed by atoms with Crippen molar-refractivity contribution in [2.24, 2.45) is 5.92 Å². The molecule has 1 aliphatic carbocycles. The van der Waals surface area contributed by atoms with Crippen LogP contribution in [-0.2, 0) is 5.54 Å². The maximum atomic E-state index is 4.70. The van der Waals surface area contributed by atoms with E-state index in [1.54, 1.807) is 0 Å². The second kappa shape index (κ2) is 4.85. The lowest BCUT2D eigenvalue weighted by atomic mass is 9.81. The van der Waals surface area contributed by atoms with Gasteiger partial charge in [0.25, 0.3) is 0 Å². The summed E-state index contributed by atoms with van der Waals surface area (Å²) in [6.45, 7) is 1.16. The van der Waals surface area contributed by atoms with E-state index >= 15 is 0 Å². The molecule has 2 nitrogen and oxygen atoms in total. The minimum Gasteiger partial charge on any atom is -0.307 e. The quantitative estimate of drug-likeness (QED) is 0.888. The van der Waals surface area contributed by atoms with Crippen molar-refractivity contribution in [3.8, 4) is 0 Å². The summed E-state index contributed by atoms with van der Waals surface area (Å²) in [6.07, 6.45) is 10.2. The first-order valence-electron chi connectivity index (χ1n) is 7.99. The predicted octanol–water partition coefficient (Wildman–Crippen LogP) is 4.00. The third-order valence-electron chi connectivity index (χ3n) is 5.07. The van der Waals surface area contributed by atoms with Gasteiger partial charge in [-0.3, -0.25) is 4.98 Å². The Labute approximate surface area is 120 Å². The highest BCUT2D eigenvalue weighted by atomic mass is 15.0. The van der Waals surface area contributed by atoms with E-state index in [4.69, 9.17) is 4.98 Å². The van der Waals surface area contributed by atoms with Gasteiger partial charge in [-0.1, -0.05) is 31.0 Å². The molecule has 1 atom stereocenters. The Bertz CT molecular complexity index is 608. The molecule has 1 aromatic heterocycles. The Morgan fingerprint density at radius 1 is 1.10 bits per heavy atom. The highest BCUT2D eigenvalue weighted by molar-refractivity contribution is 5.79. The molecule has 0 amide bonds. The van der Waals surface area contributed by atoms with Crippen LogP contribution in [-0.4, -0.2) is 11.5 Å². The predicted molar refractivity (Wildman–Crippen MR) is 82.6 cm³/mol. The van der Waals surface area contributed by atoms with E-state index in [0.29, 0.717) is 0 Å². The summed E-state index contributed by atoms with van der Waals surface area (Å²) in [7, 11) is 0. The third-order valence-corrected chi connectivity index (χ3v) is 5.07. The Balaban J connectivity index is 1.80. The number of rotatable bonds is 2. The highest BCUT2D eigenvalue weighted by Gasteiger charge is 2.46. The maximum Gasteiger partial charge on any atom is 0.0702 e. The number of nitrogens with zero attached hydrogens (tertiary/aromatic N) is 1. The SMILES string of the molecule is c1ccc2ncc(C3(C4CC4)CCCCCN3)cc2c1. The van der Waals surface area contributed by atoms with Crippen LogP contribution >= 0.6 is 0 Å². The van der Waals surface area contributed by atoms with Gasteiger partial charge in [0.15, 0.2) is 0 Å². The van der Waals surface area contributed by atoms with Crippen LogP contribution in [0.2, 0.25) is 0 Å². The summed E-state index contributed by atoms with van der Waals surface area (Å²) in [6, 6.07) is 10.8. The van der Waals surface area contributed by atoms with Crippen molar-refractivity contribution >= 4 is 10.9 Å². The lowest BCUT2D eigenvalue weighted by Gasteiger charge is -2.35. The normalized spacial score (nSPS) is 27.4. The van der Waals surface area contributed by atoms with Gasteiger partial charge >= 0.3 is 0 Å². The molecule has 104 valence electrons. The summed E-state index contributed by atoms with van der Waals surface area (Å²) in [5.41, 5.74) is 2.73. The van der Waals surface area contributed by atoms with Crippen molar-refractivity contribution in [2.75, 3.05) is 6.54 Å². The first kappa shape index (κ1) is 12.3. The molecule has 1 unspecified atom stereocenters. The van der Waals surface area contributed by atoms with Crippen molar-refractivity contribution in [2.45, 2.75) is 44.1 Å². The van der Waals surface area contributed by atoms with Gasteiger partial charge in [-0.25, -0.2) is 0 Å². The van der Waals surface area contributed by atoms with Gasteiger partial charge in [0.2, 0.25) is 0 Å². The number of pyridine rings is 1. The van der Waals surface area contributed by atoms with E-state index < -0.39 is 0 Å². The largest absolute Gasteiger partial charge is 0.307 e. The standard InChI is InChI=1S/C18H22N2/c1-4-10-18(15-8-9-15,20-11-5-1)16-12-14-6-2-3-7-17(14)19-13-16/h2-3,6-7,12-13,15,20H,1,4-5,8-11H2. The summed E-state index contributed by atoms with van der Waals surface area (Å²) in [5, 5.41) is 5.17. The van der Waals surface area contributed by atoms with E-state index in [1.165, 1.54) is 49.5 Å². The van der Waals surface area contributed by atoms with Gasteiger partial charge in [0.05, 0.1) is 5.52 Å². The van der Waals surface area contributed by atoms with Crippen molar-refractivity contribution < 1.29 is 0 Å².